The number of carbonyl (C=O) groups is 2. The molecule has 0 fully saturated rings. The van der Waals surface area contributed by atoms with E-state index in [1.165, 1.54) is 0 Å². The average Bonchev–Trinajstić information content (AvgIpc) is 2.46. The molecule has 0 radical (unpaired) electrons. The summed E-state index contributed by atoms with van der Waals surface area (Å²) in [6.07, 6.45) is 2.02. The number of nitrogens with one attached hydrogen (secondary N) is 2. The van der Waals surface area contributed by atoms with Crippen LogP contribution in [0, 0.1) is 5.92 Å². The van der Waals surface area contributed by atoms with Gasteiger partial charge in [-0.15, -0.1) is 0 Å². The van der Waals surface area contributed by atoms with E-state index in [0.29, 0.717) is 18.0 Å². The molecule has 5 nitrogen and oxygen atoms in total. The maximum absolute atomic E-state index is 11.7. The van der Waals surface area contributed by atoms with E-state index in [9.17, 15) is 14.7 Å². The highest BCUT2D eigenvalue weighted by Gasteiger charge is 2.20. The highest BCUT2D eigenvalue weighted by Crippen LogP contribution is 2.14. The number of carbonyl (C=O) groups excluding carboxylic acids is 1. The van der Waals surface area contributed by atoms with Crippen LogP contribution in [0.1, 0.15) is 18.4 Å². The summed E-state index contributed by atoms with van der Waals surface area (Å²) >= 11 is 1.73. The van der Waals surface area contributed by atoms with Crippen LogP contribution < -0.4 is 10.6 Å². The number of urea groups is 1. The molecule has 0 spiro atoms. The van der Waals surface area contributed by atoms with Crippen LogP contribution in [0.5, 0.6) is 0 Å². The summed E-state index contributed by atoms with van der Waals surface area (Å²) in [7, 11) is 0. The lowest BCUT2D eigenvalue weighted by molar-refractivity contribution is -0.138. The number of benzene rings is 1. The number of rotatable bonds is 8. The predicted molar refractivity (Wildman–Crippen MR) is 85.8 cm³/mol. The van der Waals surface area contributed by atoms with Crippen molar-refractivity contribution in [3.05, 3.63) is 35.9 Å². The molecule has 0 aliphatic rings. The zero-order valence-electron chi connectivity index (χ0n) is 12.3. The fraction of sp³-hybridized carbons (Fsp3) is 0.467. The summed E-state index contributed by atoms with van der Waals surface area (Å²) in [4.78, 5) is 23.0. The van der Waals surface area contributed by atoms with E-state index in [1.807, 2.05) is 12.3 Å². The summed E-state index contributed by atoms with van der Waals surface area (Å²) in [5.41, 5.74) is 0.682. The lowest BCUT2D eigenvalue weighted by Gasteiger charge is -2.15. The Morgan fingerprint density at radius 2 is 1.81 bits per heavy atom. The van der Waals surface area contributed by atoms with Crippen LogP contribution in [0.4, 0.5) is 4.79 Å². The maximum Gasteiger partial charge on any atom is 0.314 e. The van der Waals surface area contributed by atoms with E-state index < -0.39 is 11.9 Å². The Hall–Kier alpha value is -1.69. The topological polar surface area (TPSA) is 78.4 Å². The van der Waals surface area contributed by atoms with Crippen molar-refractivity contribution in [3.8, 4) is 0 Å². The molecule has 0 heterocycles. The minimum Gasteiger partial charge on any atom is -0.481 e. The second-order valence-electron chi connectivity index (χ2n) is 4.95. The molecule has 2 atom stereocenters. The van der Waals surface area contributed by atoms with Gasteiger partial charge in [-0.3, -0.25) is 4.79 Å². The monoisotopic (exact) mass is 310 g/mol. The van der Waals surface area contributed by atoms with Crippen molar-refractivity contribution >= 4 is 23.8 Å². The summed E-state index contributed by atoms with van der Waals surface area (Å²) < 4.78 is 0. The lowest BCUT2D eigenvalue weighted by Crippen LogP contribution is -2.41. The van der Waals surface area contributed by atoms with Gasteiger partial charge in [-0.05, 0) is 23.5 Å². The minimum absolute atomic E-state index is 0.0715. The number of carboxylic acid groups (broad SMARTS) is 1. The molecule has 0 aliphatic heterocycles. The summed E-state index contributed by atoms with van der Waals surface area (Å²) in [6, 6.07) is 8.57. The molecule has 21 heavy (non-hydrogen) atoms. The molecule has 0 aromatic heterocycles. The number of carboxylic acids is 1. The molecule has 1 rings (SSSR count). The van der Waals surface area contributed by atoms with Gasteiger partial charge in [0.05, 0.1) is 5.92 Å². The van der Waals surface area contributed by atoms with Crippen LogP contribution in [0.2, 0.25) is 0 Å². The van der Waals surface area contributed by atoms with E-state index >= 15 is 0 Å². The molecule has 1 aromatic rings. The van der Waals surface area contributed by atoms with Crippen LogP contribution in [0.3, 0.4) is 0 Å². The zero-order valence-corrected chi connectivity index (χ0v) is 13.2. The fourth-order valence-corrected chi connectivity index (χ4v) is 2.59. The van der Waals surface area contributed by atoms with Gasteiger partial charge >= 0.3 is 12.0 Å². The molecular formula is C15H22N2O3S. The van der Waals surface area contributed by atoms with Gasteiger partial charge in [0.15, 0.2) is 0 Å². The zero-order chi connectivity index (χ0) is 15.7. The Morgan fingerprint density at radius 1 is 1.19 bits per heavy atom. The first-order chi connectivity index (χ1) is 10.0. The molecule has 1 aromatic carbocycles. The fourth-order valence-electron chi connectivity index (χ4n) is 1.90. The van der Waals surface area contributed by atoms with E-state index in [-0.39, 0.29) is 12.6 Å². The minimum atomic E-state index is -0.947. The Labute approximate surface area is 129 Å². The van der Waals surface area contributed by atoms with E-state index in [4.69, 9.17) is 0 Å². The van der Waals surface area contributed by atoms with Crippen molar-refractivity contribution < 1.29 is 14.7 Å². The first kappa shape index (κ1) is 17.4. The first-order valence-corrected chi connectivity index (χ1v) is 8.22. The Balaban J connectivity index is 2.44. The van der Waals surface area contributed by atoms with E-state index in [1.54, 1.807) is 36.0 Å². The third-order valence-corrected chi connectivity index (χ3v) is 3.93. The molecule has 3 N–H and O–H groups in total. The summed E-state index contributed by atoms with van der Waals surface area (Å²) in [6.45, 7) is 2.71. The van der Waals surface area contributed by atoms with Gasteiger partial charge in [-0.2, -0.15) is 11.8 Å². The smallest absolute Gasteiger partial charge is 0.314 e. The normalized spacial score (nSPS) is 13.2. The van der Waals surface area contributed by atoms with Gasteiger partial charge in [0.25, 0.3) is 0 Å². The maximum atomic E-state index is 11.7. The van der Waals surface area contributed by atoms with E-state index in [2.05, 4.69) is 17.6 Å². The van der Waals surface area contributed by atoms with Crippen molar-refractivity contribution in [1.29, 1.82) is 0 Å². The molecule has 2 amide bonds. The van der Waals surface area contributed by atoms with Gasteiger partial charge in [0.1, 0.15) is 0 Å². The van der Waals surface area contributed by atoms with Crippen molar-refractivity contribution in [3.63, 3.8) is 0 Å². The standard InChI is InChI=1S/C15H22N2O3S/c1-11(10-21-2)8-16-15(20)17-9-13(14(18)19)12-6-4-3-5-7-12/h3-7,11,13H,8-10H2,1-2H3,(H,18,19)(H2,16,17,20). The molecule has 0 bridgehead atoms. The van der Waals surface area contributed by atoms with E-state index in [0.717, 1.165) is 5.75 Å². The molecule has 2 unspecified atom stereocenters. The second kappa shape index (κ2) is 9.28. The van der Waals surface area contributed by atoms with Crippen LogP contribution in [0.15, 0.2) is 30.3 Å². The van der Waals surface area contributed by atoms with Crippen molar-refractivity contribution in [2.45, 2.75) is 12.8 Å². The molecular weight excluding hydrogens is 288 g/mol. The highest BCUT2D eigenvalue weighted by atomic mass is 32.2. The van der Waals surface area contributed by atoms with Gasteiger partial charge in [-0.25, -0.2) is 4.79 Å². The van der Waals surface area contributed by atoms with Crippen LogP contribution in [-0.2, 0) is 4.79 Å². The number of thioether (sulfide) groups is 1. The van der Waals surface area contributed by atoms with Crippen LogP contribution in [-0.4, -0.2) is 42.2 Å². The molecule has 6 heteroatoms. The highest BCUT2D eigenvalue weighted by molar-refractivity contribution is 7.98. The Kier molecular flexibility index (Phi) is 7.68. The molecule has 116 valence electrons. The molecule has 0 saturated carbocycles. The SMILES string of the molecule is CSCC(C)CNC(=O)NCC(C(=O)O)c1ccccc1. The average molecular weight is 310 g/mol. The first-order valence-electron chi connectivity index (χ1n) is 6.83. The number of aliphatic carboxylic acids is 1. The van der Waals surface area contributed by atoms with Gasteiger partial charge in [-0.1, -0.05) is 37.3 Å². The Morgan fingerprint density at radius 3 is 2.38 bits per heavy atom. The lowest BCUT2D eigenvalue weighted by atomic mass is 9.99. The Bertz CT molecular complexity index is 453. The summed E-state index contributed by atoms with van der Waals surface area (Å²) in [5.74, 6) is -0.324. The van der Waals surface area contributed by atoms with Crippen molar-refractivity contribution in [2.24, 2.45) is 5.92 Å². The van der Waals surface area contributed by atoms with Crippen LogP contribution >= 0.6 is 11.8 Å². The largest absolute Gasteiger partial charge is 0.481 e. The van der Waals surface area contributed by atoms with Gasteiger partial charge in [0, 0.05) is 13.1 Å². The third kappa shape index (κ3) is 6.53. The molecule has 0 aliphatic carbocycles. The van der Waals surface area contributed by atoms with Crippen molar-refractivity contribution in [1.82, 2.24) is 10.6 Å². The number of amides is 2. The second-order valence-corrected chi connectivity index (χ2v) is 5.86. The van der Waals surface area contributed by atoms with Gasteiger partial charge < -0.3 is 15.7 Å². The summed E-state index contributed by atoms with van der Waals surface area (Å²) in [5, 5.41) is 14.6. The van der Waals surface area contributed by atoms with Crippen molar-refractivity contribution in [2.75, 3.05) is 25.1 Å². The van der Waals surface area contributed by atoms with Gasteiger partial charge in [0.2, 0.25) is 0 Å². The number of hydrogen-bond donors (Lipinski definition) is 3. The third-order valence-electron chi connectivity index (χ3n) is 3.03. The quantitative estimate of drug-likeness (QED) is 0.687. The van der Waals surface area contributed by atoms with Crippen LogP contribution in [0.25, 0.3) is 0 Å². The predicted octanol–water partition coefficient (Wildman–Crippen LogP) is 2.15. The molecule has 0 saturated heterocycles. The number of hydrogen-bond acceptors (Lipinski definition) is 3.